The molecule has 52 valence electrons. The predicted octanol–water partition coefficient (Wildman–Crippen LogP) is 0.704. The van der Waals surface area contributed by atoms with Crippen LogP contribution in [-0.2, 0) is 14.1 Å². The van der Waals surface area contributed by atoms with E-state index in [0.717, 1.165) is 0 Å². The average Bonchev–Trinajstić information content (AvgIpc) is 2.20. The van der Waals surface area contributed by atoms with E-state index in [1.807, 2.05) is 13.8 Å². The van der Waals surface area contributed by atoms with Gasteiger partial charge >= 0.3 is 13.1 Å². The van der Waals surface area contributed by atoms with Crippen LogP contribution in [0.5, 0.6) is 0 Å². The van der Waals surface area contributed by atoms with Crippen LogP contribution in [0.1, 0.15) is 13.8 Å². The van der Waals surface area contributed by atoms with Gasteiger partial charge in [0.1, 0.15) is 6.61 Å². The fourth-order valence-corrected chi connectivity index (χ4v) is 0.439. The largest absolute Gasteiger partial charge is 0.524 e. The Bertz CT molecular complexity index is 94.2. The Balaban J connectivity index is 0.000000291. The monoisotopic (exact) mass is 130 g/mol. The van der Waals surface area contributed by atoms with E-state index in [4.69, 9.17) is 4.65 Å². The molecule has 4 heteroatoms. The Kier molecular flexibility index (Phi) is 4.14. The zero-order chi connectivity index (χ0) is 7.28. The highest BCUT2D eigenvalue weighted by Gasteiger charge is 2.24. The quantitative estimate of drug-likeness (QED) is 0.453. The molecule has 0 bridgehead atoms. The Morgan fingerprint density at radius 2 is 2.11 bits per heavy atom. The molecule has 3 nitrogen and oxygen atoms in total. The average molecular weight is 130 g/mol. The fraction of sp³-hybridized carbons (Fsp3) is 0.800. The zero-order valence-electron chi connectivity index (χ0n) is 6.01. The maximum Gasteiger partial charge on any atom is 0.524 e. The topological polar surface area (TPSA) is 35.5 Å². The van der Waals surface area contributed by atoms with Gasteiger partial charge in [-0.2, -0.15) is 0 Å². The highest BCUT2D eigenvalue weighted by atomic mass is 16.7. The molecule has 0 atom stereocenters. The van der Waals surface area contributed by atoms with Gasteiger partial charge in [0.2, 0.25) is 0 Å². The van der Waals surface area contributed by atoms with E-state index in [9.17, 15) is 4.79 Å². The number of carbonyl (C=O) groups excluding carboxylic acids is 1. The highest BCUT2D eigenvalue weighted by molar-refractivity contribution is 6.46. The van der Waals surface area contributed by atoms with Gasteiger partial charge in [0.25, 0.3) is 0 Å². The number of hydrogen-bond donors (Lipinski definition) is 0. The van der Waals surface area contributed by atoms with Crippen molar-refractivity contribution in [2.45, 2.75) is 20.7 Å². The van der Waals surface area contributed by atoms with Gasteiger partial charge in [-0.3, -0.25) is 4.79 Å². The lowest BCUT2D eigenvalue weighted by Gasteiger charge is -1.88. The first kappa shape index (κ1) is 8.49. The molecular formula is C5H11BO3. The Labute approximate surface area is 55.5 Å². The van der Waals surface area contributed by atoms with Crippen LogP contribution in [0.4, 0.5) is 0 Å². The molecule has 1 aliphatic rings. The van der Waals surface area contributed by atoms with Crippen molar-refractivity contribution in [1.29, 1.82) is 0 Å². The van der Waals surface area contributed by atoms with E-state index in [1.54, 1.807) is 6.82 Å². The third kappa shape index (κ3) is 3.14. The minimum Gasteiger partial charge on any atom is -0.508 e. The van der Waals surface area contributed by atoms with E-state index in [1.165, 1.54) is 0 Å². The van der Waals surface area contributed by atoms with Crippen LogP contribution < -0.4 is 0 Å². The number of carbonyl (C=O) groups is 1. The molecule has 0 aromatic carbocycles. The first-order valence-corrected chi connectivity index (χ1v) is 3.10. The van der Waals surface area contributed by atoms with Crippen LogP contribution in [0.15, 0.2) is 0 Å². The van der Waals surface area contributed by atoms with Gasteiger partial charge in [-0.1, -0.05) is 13.8 Å². The molecule has 9 heavy (non-hydrogen) atoms. The summed E-state index contributed by atoms with van der Waals surface area (Å²) in [6.07, 6.45) is 0. The molecule has 0 unspecified atom stereocenters. The summed E-state index contributed by atoms with van der Waals surface area (Å²) in [7, 11) is -0.326. The third-order valence-corrected chi connectivity index (χ3v) is 0.733. The van der Waals surface area contributed by atoms with Crippen LogP contribution in [0.2, 0.25) is 6.82 Å². The van der Waals surface area contributed by atoms with Crippen molar-refractivity contribution in [3.63, 3.8) is 0 Å². The molecule has 1 aliphatic heterocycles. The van der Waals surface area contributed by atoms with Crippen molar-refractivity contribution in [2.24, 2.45) is 0 Å². The maximum atomic E-state index is 10.1. The van der Waals surface area contributed by atoms with Crippen molar-refractivity contribution < 1.29 is 14.1 Å². The normalized spacial score (nSPS) is 16.3. The van der Waals surface area contributed by atoms with Crippen LogP contribution in [0.25, 0.3) is 0 Å². The van der Waals surface area contributed by atoms with Gasteiger partial charge in [-0.25, -0.2) is 0 Å². The van der Waals surface area contributed by atoms with Crippen molar-refractivity contribution in [1.82, 2.24) is 0 Å². The summed E-state index contributed by atoms with van der Waals surface area (Å²) in [5.41, 5.74) is 0. The third-order valence-electron chi connectivity index (χ3n) is 0.733. The summed E-state index contributed by atoms with van der Waals surface area (Å²) in [6, 6.07) is 0. The van der Waals surface area contributed by atoms with E-state index >= 15 is 0 Å². The van der Waals surface area contributed by atoms with Crippen molar-refractivity contribution in [2.75, 3.05) is 6.61 Å². The molecule has 0 amide bonds. The van der Waals surface area contributed by atoms with Gasteiger partial charge in [0.15, 0.2) is 0 Å². The molecule has 1 fully saturated rings. The Hall–Kier alpha value is -0.505. The minimum atomic E-state index is -0.326. The molecular weight excluding hydrogens is 119 g/mol. The predicted molar refractivity (Wildman–Crippen MR) is 35.0 cm³/mol. The minimum absolute atomic E-state index is 0.112. The van der Waals surface area contributed by atoms with Gasteiger partial charge in [-0.05, 0) is 6.82 Å². The number of rotatable bonds is 0. The van der Waals surface area contributed by atoms with E-state index in [2.05, 4.69) is 4.65 Å². The molecule has 0 aliphatic carbocycles. The lowest BCUT2D eigenvalue weighted by atomic mass is 9.97. The second kappa shape index (κ2) is 4.38. The summed E-state index contributed by atoms with van der Waals surface area (Å²) >= 11 is 0. The SMILES string of the molecule is CB1OCC(=O)O1.CC. The maximum absolute atomic E-state index is 10.1. The molecule has 0 aromatic rings. The van der Waals surface area contributed by atoms with Crippen LogP contribution >= 0.6 is 0 Å². The van der Waals surface area contributed by atoms with E-state index < -0.39 is 0 Å². The summed E-state index contributed by atoms with van der Waals surface area (Å²) < 4.78 is 9.19. The molecule has 0 aromatic heterocycles. The van der Waals surface area contributed by atoms with Crippen LogP contribution in [0, 0.1) is 0 Å². The molecule has 0 radical (unpaired) electrons. The second-order valence-corrected chi connectivity index (χ2v) is 1.37. The first-order valence-electron chi connectivity index (χ1n) is 3.10. The van der Waals surface area contributed by atoms with Gasteiger partial charge in [-0.15, -0.1) is 0 Å². The Morgan fingerprint density at radius 1 is 1.56 bits per heavy atom. The van der Waals surface area contributed by atoms with Gasteiger partial charge < -0.3 is 9.31 Å². The summed E-state index contributed by atoms with van der Waals surface area (Å²) in [6.45, 7) is 5.80. The first-order chi connectivity index (χ1) is 4.29. The number of hydrogen-bond acceptors (Lipinski definition) is 3. The van der Waals surface area contributed by atoms with Crippen molar-refractivity contribution >= 4 is 13.1 Å². The molecule has 1 saturated heterocycles. The van der Waals surface area contributed by atoms with Gasteiger partial charge in [0, 0.05) is 0 Å². The Morgan fingerprint density at radius 3 is 2.22 bits per heavy atom. The molecule has 0 saturated carbocycles. The van der Waals surface area contributed by atoms with Crippen LogP contribution in [-0.4, -0.2) is 19.7 Å². The van der Waals surface area contributed by atoms with Gasteiger partial charge in [0.05, 0.1) is 0 Å². The van der Waals surface area contributed by atoms with E-state index in [-0.39, 0.29) is 19.7 Å². The lowest BCUT2D eigenvalue weighted by molar-refractivity contribution is -0.132. The van der Waals surface area contributed by atoms with Crippen molar-refractivity contribution in [3.05, 3.63) is 0 Å². The second-order valence-electron chi connectivity index (χ2n) is 1.37. The molecule has 1 heterocycles. The smallest absolute Gasteiger partial charge is 0.508 e. The zero-order valence-corrected chi connectivity index (χ0v) is 6.01. The summed E-state index contributed by atoms with van der Waals surface area (Å²) in [5.74, 6) is -0.271. The summed E-state index contributed by atoms with van der Waals surface area (Å²) in [4.78, 5) is 10.1. The standard InChI is InChI=1S/C3H5BO3.C2H6/c1-4-6-2-3(5)7-4;1-2/h2H2,1H3;1-2H3. The lowest BCUT2D eigenvalue weighted by Crippen LogP contribution is -2.06. The molecule has 0 N–H and O–H groups in total. The van der Waals surface area contributed by atoms with Crippen molar-refractivity contribution in [3.8, 4) is 0 Å². The summed E-state index contributed by atoms with van der Waals surface area (Å²) in [5, 5.41) is 0. The fourth-order valence-electron chi connectivity index (χ4n) is 0.439. The molecule has 0 spiro atoms. The van der Waals surface area contributed by atoms with E-state index in [0.29, 0.717) is 0 Å². The highest BCUT2D eigenvalue weighted by Crippen LogP contribution is 1.97. The van der Waals surface area contributed by atoms with Crippen LogP contribution in [0.3, 0.4) is 0 Å². The molecule has 1 rings (SSSR count).